The fourth-order valence-corrected chi connectivity index (χ4v) is 5.75. The van der Waals surface area contributed by atoms with Crippen LogP contribution in [0.3, 0.4) is 0 Å². The van der Waals surface area contributed by atoms with Crippen LogP contribution in [0, 0.1) is 5.41 Å². The van der Waals surface area contributed by atoms with Gasteiger partial charge in [0, 0.05) is 12.1 Å². The number of ether oxygens (including phenoxy) is 1. The number of piperidine rings is 1. The van der Waals surface area contributed by atoms with E-state index in [1.165, 1.54) is 6.26 Å². The van der Waals surface area contributed by atoms with Crippen LogP contribution in [0.1, 0.15) is 33.1 Å². The molecule has 116 valence electrons. The molecule has 20 heavy (non-hydrogen) atoms. The van der Waals surface area contributed by atoms with Crippen LogP contribution in [-0.2, 0) is 14.8 Å². The van der Waals surface area contributed by atoms with E-state index < -0.39 is 10.0 Å². The van der Waals surface area contributed by atoms with Crippen LogP contribution in [-0.4, -0.2) is 68.3 Å². The van der Waals surface area contributed by atoms with Crippen LogP contribution >= 0.6 is 0 Å². The summed E-state index contributed by atoms with van der Waals surface area (Å²) in [5.74, 6) is 0. The minimum Gasteiger partial charge on any atom is -0.378 e. The lowest BCUT2D eigenvalue weighted by Crippen LogP contribution is -2.53. The summed E-state index contributed by atoms with van der Waals surface area (Å²) in [5.41, 5.74) is -0.0526. The molecule has 3 heterocycles. The summed E-state index contributed by atoms with van der Waals surface area (Å²) in [4.78, 5) is 2.52. The first-order valence-corrected chi connectivity index (χ1v) is 9.36. The summed E-state index contributed by atoms with van der Waals surface area (Å²) in [6.45, 7) is 8.74. The molecular weight excluding hydrogens is 276 g/mol. The van der Waals surface area contributed by atoms with Gasteiger partial charge in [-0.05, 0) is 51.6 Å². The predicted molar refractivity (Wildman–Crippen MR) is 78.1 cm³/mol. The highest BCUT2D eigenvalue weighted by Gasteiger charge is 2.52. The van der Waals surface area contributed by atoms with Crippen molar-refractivity contribution in [3.63, 3.8) is 0 Å². The maximum Gasteiger partial charge on any atom is 0.211 e. The summed E-state index contributed by atoms with van der Waals surface area (Å²) < 4.78 is 31.0. The molecule has 5 nitrogen and oxygen atoms in total. The second-order valence-corrected chi connectivity index (χ2v) is 9.39. The van der Waals surface area contributed by atoms with Gasteiger partial charge in [-0.15, -0.1) is 0 Å². The van der Waals surface area contributed by atoms with Gasteiger partial charge >= 0.3 is 0 Å². The number of hydrogen-bond acceptors (Lipinski definition) is 4. The minimum absolute atomic E-state index is 0.188. The normalized spacial score (nSPS) is 31.6. The first-order valence-electron chi connectivity index (χ1n) is 7.52. The van der Waals surface area contributed by atoms with Crippen molar-refractivity contribution < 1.29 is 13.2 Å². The third kappa shape index (κ3) is 2.51. The quantitative estimate of drug-likeness (QED) is 0.761. The van der Waals surface area contributed by atoms with E-state index in [0.29, 0.717) is 12.6 Å². The average molecular weight is 302 g/mol. The van der Waals surface area contributed by atoms with Crippen LogP contribution in [0.4, 0.5) is 0 Å². The Labute approximate surface area is 122 Å². The molecule has 0 N–H and O–H groups in total. The fourth-order valence-electron chi connectivity index (χ4n) is 4.28. The van der Waals surface area contributed by atoms with Crippen molar-refractivity contribution in [3.05, 3.63) is 0 Å². The molecule has 0 atom stereocenters. The van der Waals surface area contributed by atoms with Crippen molar-refractivity contribution in [3.8, 4) is 0 Å². The monoisotopic (exact) mass is 302 g/mol. The molecule has 0 aliphatic carbocycles. The molecule has 0 radical (unpaired) electrons. The smallest absolute Gasteiger partial charge is 0.211 e. The first kappa shape index (κ1) is 14.8. The third-order valence-corrected chi connectivity index (χ3v) is 6.78. The van der Waals surface area contributed by atoms with E-state index in [1.807, 2.05) is 0 Å². The van der Waals surface area contributed by atoms with Gasteiger partial charge in [-0.1, -0.05) is 0 Å². The molecule has 3 rings (SSSR count). The van der Waals surface area contributed by atoms with Gasteiger partial charge in [-0.2, -0.15) is 4.31 Å². The van der Waals surface area contributed by atoms with Crippen LogP contribution in [0.25, 0.3) is 0 Å². The highest BCUT2D eigenvalue weighted by molar-refractivity contribution is 7.88. The molecule has 0 aromatic heterocycles. The summed E-state index contributed by atoms with van der Waals surface area (Å²) in [5, 5.41) is 0. The fraction of sp³-hybridized carbons (Fsp3) is 1.00. The zero-order valence-corrected chi connectivity index (χ0v) is 13.6. The van der Waals surface area contributed by atoms with E-state index in [-0.39, 0.29) is 11.0 Å². The zero-order chi connectivity index (χ0) is 14.6. The number of nitrogens with zero attached hydrogens (tertiary/aromatic N) is 2. The highest BCUT2D eigenvalue weighted by atomic mass is 32.2. The van der Waals surface area contributed by atoms with E-state index in [4.69, 9.17) is 4.74 Å². The van der Waals surface area contributed by atoms with Crippen molar-refractivity contribution >= 4 is 10.0 Å². The zero-order valence-electron chi connectivity index (χ0n) is 12.8. The van der Waals surface area contributed by atoms with Gasteiger partial charge in [0.05, 0.1) is 25.5 Å². The first-order chi connectivity index (χ1) is 9.22. The Morgan fingerprint density at radius 3 is 2.15 bits per heavy atom. The topological polar surface area (TPSA) is 49.9 Å². The van der Waals surface area contributed by atoms with Gasteiger partial charge in [-0.3, -0.25) is 4.90 Å². The molecule has 3 fully saturated rings. The second-order valence-electron chi connectivity index (χ2n) is 7.49. The minimum atomic E-state index is -3.11. The Morgan fingerprint density at radius 2 is 1.75 bits per heavy atom. The van der Waals surface area contributed by atoms with E-state index in [0.717, 1.165) is 45.6 Å². The number of likely N-dealkylation sites (tertiary alicyclic amines) is 1. The molecule has 0 bridgehead atoms. The molecule has 0 saturated carbocycles. The average Bonchev–Trinajstić information content (AvgIpc) is 2.51. The summed E-state index contributed by atoms with van der Waals surface area (Å²) >= 11 is 0. The van der Waals surface area contributed by atoms with Crippen LogP contribution in [0.15, 0.2) is 0 Å². The lowest BCUT2D eigenvalue weighted by Gasteiger charge is -2.45. The van der Waals surface area contributed by atoms with Gasteiger partial charge < -0.3 is 4.74 Å². The Bertz CT molecular complexity index is 477. The van der Waals surface area contributed by atoms with Gasteiger partial charge in [-0.25, -0.2) is 8.42 Å². The second kappa shape index (κ2) is 4.66. The van der Waals surface area contributed by atoms with Crippen molar-refractivity contribution in [2.75, 3.05) is 39.1 Å². The van der Waals surface area contributed by atoms with Crippen LogP contribution in [0.5, 0.6) is 0 Å². The van der Waals surface area contributed by atoms with Crippen molar-refractivity contribution in [1.82, 2.24) is 9.21 Å². The molecular formula is C14H26N2O3S. The summed E-state index contributed by atoms with van der Waals surface area (Å²) in [7, 11) is -3.11. The molecule has 6 heteroatoms. The maximum absolute atomic E-state index is 12.0. The van der Waals surface area contributed by atoms with Gasteiger partial charge in [0.1, 0.15) is 0 Å². The van der Waals surface area contributed by atoms with E-state index in [9.17, 15) is 8.42 Å². The van der Waals surface area contributed by atoms with Crippen LogP contribution in [0.2, 0.25) is 0 Å². The number of hydrogen-bond donors (Lipinski definition) is 0. The van der Waals surface area contributed by atoms with Crippen molar-refractivity contribution in [2.45, 2.75) is 44.7 Å². The van der Waals surface area contributed by atoms with Gasteiger partial charge in [0.15, 0.2) is 0 Å². The van der Waals surface area contributed by atoms with E-state index >= 15 is 0 Å². The summed E-state index contributed by atoms with van der Waals surface area (Å²) in [6, 6.07) is 0.604. The van der Waals surface area contributed by atoms with Crippen LogP contribution < -0.4 is 0 Å². The number of sulfonamides is 1. The lowest BCUT2D eigenvalue weighted by atomic mass is 9.74. The maximum atomic E-state index is 12.0. The SMILES string of the molecule is CC1(C)CC2(CCN(C3COC3)CC2)CN1S(C)(=O)=O. The standard InChI is InChI=1S/C14H26N2O3S/c1-13(2)10-14(11-16(13)20(3,17)18)4-6-15(7-5-14)12-8-19-9-12/h12H,4-11H2,1-3H3. The van der Waals surface area contributed by atoms with Gasteiger partial charge in [0.2, 0.25) is 10.0 Å². The Kier molecular flexibility index (Phi) is 3.44. The molecule has 3 saturated heterocycles. The molecule has 3 aliphatic rings. The molecule has 0 aromatic rings. The molecule has 0 unspecified atom stereocenters. The summed E-state index contributed by atoms with van der Waals surface area (Å²) in [6.07, 6.45) is 4.55. The molecule has 0 amide bonds. The molecule has 0 aromatic carbocycles. The van der Waals surface area contributed by atoms with Crippen molar-refractivity contribution in [1.29, 1.82) is 0 Å². The Hall–Kier alpha value is -0.170. The lowest BCUT2D eigenvalue weighted by molar-refractivity contribution is -0.0804. The largest absolute Gasteiger partial charge is 0.378 e. The Balaban J connectivity index is 1.70. The highest BCUT2D eigenvalue weighted by Crippen LogP contribution is 2.49. The Morgan fingerprint density at radius 1 is 1.15 bits per heavy atom. The predicted octanol–water partition coefficient (Wildman–Crippen LogP) is 0.911. The third-order valence-electron chi connectivity index (χ3n) is 5.36. The number of rotatable bonds is 2. The van der Waals surface area contributed by atoms with E-state index in [2.05, 4.69) is 18.7 Å². The van der Waals surface area contributed by atoms with E-state index in [1.54, 1.807) is 4.31 Å². The van der Waals surface area contributed by atoms with Crippen molar-refractivity contribution in [2.24, 2.45) is 5.41 Å². The molecule has 3 aliphatic heterocycles. The van der Waals surface area contributed by atoms with Gasteiger partial charge in [0.25, 0.3) is 0 Å². The molecule has 1 spiro atoms.